The molecule has 0 rings (SSSR count). The molecule has 2 atom stereocenters. The summed E-state index contributed by atoms with van der Waals surface area (Å²) in [6.07, 6.45) is 1.86. The highest BCUT2D eigenvalue weighted by Gasteiger charge is 2.43. The van der Waals surface area contributed by atoms with Crippen molar-refractivity contribution in [1.82, 2.24) is 0 Å². The molecule has 11 heavy (non-hydrogen) atoms. The van der Waals surface area contributed by atoms with Gasteiger partial charge in [-0.05, 0) is 27.7 Å². The molecule has 0 saturated heterocycles. The van der Waals surface area contributed by atoms with Crippen molar-refractivity contribution in [2.75, 3.05) is 12.3 Å². The van der Waals surface area contributed by atoms with Crippen LogP contribution in [0.5, 0.6) is 0 Å². The molecule has 0 fully saturated rings. The number of rotatable bonds is 4. The van der Waals surface area contributed by atoms with Gasteiger partial charge in [-0.25, -0.2) is 0 Å². The van der Waals surface area contributed by atoms with Crippen molar-refractivity contribution in [2.45, 2.75) is 39.4 Å². The van der Waals surface area contributed by atoms with E-state index in [2.05, 4.69) is 13.8 Å². The van der Waals surface area contributed by atoms with E-state index in [9.17, 15) is 10.2 Å². The Bertz CT molecular complexity index is 98.7. The fourth-order valence-electron chi connectivity index (χ4n) is 1.59. The van der Waals surface area contributed by atoms with Crippen molar-refractivity contribution in [3.63, 3.8) is 0 Å². The molecule has 0 bridgehead atoms. The number of hydrogen-bond acceptors (Lipinski definition) is 2. The van der Waals surface area contributed by atoms with Crippen molar-refractivity contribution in [2.24, 2.45) is 0 Å². The highest BCUT2D eigenvalue weighted by Crippen LogP contribution is 2.64. The summed E-state index contributed by atoms with van der Waals surface area (Å²) in [6.45, 7) is 7.70. The van der Waals surface area contributed by atoms with Crippen LogP contribution in [0.15, 0.2) is 0 Å². The molecule has 0 spiro atoms. The fourth-order valence-corrected chi connectivity index (χ4v) is 4.78. The van der Waals surface area contributed by atoms with E-state index in [0.29, 0.717) is 0 Å². The van der Waals surface area contributed by atoms with Crippen LogP contribution in [-0.4, -0.2) is 34.2 Å². The molecule has 68 valence electrons. The average Bonchev–Trinajstić information content (AvgIpc) is 1.90. The normalized spacial score (nSPS) is 18.0. The van der Waals surface area contributed by atoms with E-state index in [1.165, 1.54) is 0 Å². The van der Waals surface area contributed by atoms with Crippen molar-refractivity contribution in [3.05, 3.63) is 0 Å². The molecular formula is C8H20O2P+. The Morgan fingerprint density at radius 3 is 1.27 bits per heavy atom. The van der Waals surface area contributed by atoms with Gasteiger partial charge in [0.15, 0.2) is 11.7 Å². The first kappa shape index (κ1) is 11.4. The summed E-state index contributed by atoms with van der Waals surface area (Å²) in [7, 11) is -1.49. The minimum Gasteiger partial charge on any atom is -0.359 e. The molecular weight excluding hydrogens is 159 g/mol. The van der Waals surface area contributed by atoms with Crippen molar-refractivity contribution in [3.8, 4) is 0 Å². The lowest BCUT2D eigenvalue weighted by molar-refractivity contribution is 0.238. The molecule has 0 aromatic carbocycles. The third-order valence-corrected chi connectivity index (χ3v) is 8.00. The van der Waals surface area contributed by atoms with Gasteiger partial charge in [0, 0.05) is 0 Å². The van der Waals surface area contributed by atoms with Crippen LogP contribution >= 0.6 is 7.26 Å². The molecule has 0 aliphatic heterocycles. The van der Waals surface area contributed by atoms with E-state index < -0.39 is 7.26 Å². The maximum atomic E-state index is 9.52. The summed E-state index contributed by atoms with van der Waals surface area (Å²) >= 11 is 0. The van der Waals surface area contributed by atoms with Gasteiger partial charge in [0.2, 0.25) is 0 Å². The van der Waals surface area contributed by atoms with Crippen molar-refractivity contribution in [1.29, 1.82) is 0 Å². The van der Waals surface area contributed by atoms with E-state index in [4.69, 9.17) is 0 Å². The molecule has 3 heteroatoms. The van der Waals surface area contributed by atoms with Crippen LogP contribution in [-0.2, 0) is 0 Å². The van der Waals surface area contributed by atoms with E-state index in [1.807, 2.05) is 0 Å². The third-order valence-electron chi connectivity index (χ3n) is 2.67. The molecule has 0 aliphatic carbocycles. The highest BCUT2D eigenvalue weighted by molar-refractivity contribution is 7.76. The van der Waals surface area contributed by atoms with Gasteiger partial charge in [-0.15, -0.1) is 0 Å². The molecule has 2 nitrogen and oxygen atoms in total. The Kier molecular flexibility index (Phi) is 4.53. The molecule has 2 unspecified atom stereocenters. The molecule has 0 amide bonds. The predicted molar refractivity (Wildman–Crippen MR) is 51.4 cm³/mol. The summed E-state index contributed by atoms with van der Waals surface area (Å²) < 4.78 is 0. The van der Waals surface area contributed by atoms with Crippen LogP contribution in [0.25, 0.3) is 0 Å². The largest absolute Gasteiger partial charge is 0.359 e. The zero-order chi connectivity index (χ0) is 9.07. The number of aliphatic hydroxyl groups excluding tert-OH is 2. The summed E-state index contributed by atoms with van der Waals surface area (Å²) in [6, 6.07) is 0. The summed E-state index contributed by atoms with van der Waals surface area (Å²) in [5, 5.41) is 19.0. The predicted octanol–water partition coefficient (Wildman–Crippen LogP) is 1.72. The van der Waals surface area contributed by atoms with Gasteiger partial charge in [0.05, 0.1) is 19.6 Å². The molecule has 0 aromatic heterocycles. The number of aliphatic hydroxyl groups is 2. The first-order valence-electron chi connectivity index (χ1n) is 4.23. The van der Waals surface area contributed by atoms with E-state index in [0.717, 1.165) is 12.3 Å². The smallest absolute Gasteiger partial charge is 0.163 e. The lowest BCUT2D eigenvalue weighted by Crippen LogP contribution is -2.23. The Balaban J connectivity index is 4.46. The molecule has 0 aromatic rings. The van der Waals surface area contributed by atoms with Gasteiger partial charge in [-0.3, -0.25) is 0 Å². The SMILES string of the molecule is CC[P+](CC)(C(C)O)C(C)O. The third kappa shape index (κ3) is 2.14. The standard InChI is InChI=1S/C8H20O2P/c1-5-11(6-2,7(3)9)8(4)10/h7-10H,5-6H2,1-4H3/q+1. The summed E-state index contributed by atoms with van der Waals surface area (Å²) in [4.78, 5) is 0. The van der Waals surface area contributed by atoms with Crippen molar-refractivity contribution >= 4 is 7.26 Å². The summed E-state index contributed by atoms with van der Waals surface area (Å²) in [5.74, 6) is -0.644. The zero-order valence-electron chi connectivity index (χ0n) is 7.91. The van der Waals surface area contributed by atoms with Gasteiger partial charge in [-0.1, -0.05) is 0 Å². The van der Waals surface area contributed by atoms with Gasteiger partial charge < -0.3 is 10.2 Å². The Morgan fingerprint density at radius 1 is 1.00 bits per heavy atom. The Morgan fingerprint density at radius 2 is 1.27 bits per heavy atom. The minimum absolute atomic E-state index is 0.322. The molecule has 0 heterocycles. The lowest BCUT2D eigenvalue weighted by atomic mass is 10.8. The molecule has 0 radical (unpaired) electrons. The topological polar surface area (TPSA) is 40.5 Å². The van der Waals surface area contributed by atoms with Gasteiger partial charge in [0.1, 0.15) is 0 Å². The van der Waals surface area contributed by atoms with E-state index in [1.54, 1.807) is 13.8 Å². The quantitative estimate of drug-likeness (QED) is 0.645. The van der Waals surface area contributed by atoms with Gasteiger partial charge in [-0.2, -0.15) is 0 Å². The summed E-state index contributed by atoms with van der Waals surface area (Å²) in [5.41, 5.74) is 0. The first-order valence-corrected chi connectivity index (χ1v) is 6.53. The van der Waals surface area contributed by atoms with Crippen molar-refractivity contribution < 1.29 is 10.2 Å². The monoisotopic (exact) mass is 179 g/mol. The lowest BCUT2D eigenvalue weighted by Gasteiger charge is -2.30. The maximum Gasteiger partial charge on any atom is 0.163 e. The highest BCUT2D eigenvalue weighted by atomic mass is 31.2. The molecule has 2 N–H and O–H groups in total. The van der Waals surface area contributed by atoms with Crippen LogP contribution < -0.4 is 0 Å². The number of hydrogen-bond donors (Lipinski definition) is 2. The minimum atomic E-state index is -1.49. The molecule has 0 aliphatic rings. The van der Waals surface area contributed by atoms with E-state index >= 15 is 0 Å². The Labute approximate surface area is 70.0 Å². The Hall–Kier alpha value is 0.350. The molecule has 0 saturated carbocycles. The van der Waals surface area contributed by atoms with Crippen LogP contribution in [0.4, 0.5) is 0 Å². The first-order chi connectivity index (χ1) is 5.01. The maximum absolute atomic E-state index is 9.52. The van der Waals surface area contributed by atoms with E-state index in [-0.39, 0.29) is 11.7 Å². The second-order valence-electron chi connectivity index (χ2n) is 3.00. The second kappa shape index (κ2) is 4.39. The van der Waals surface area contributed by atoms with Crippen LogP contribution in [0, 0.1) is 0 Å². The van der Waals surface area contributed by atoms with Gasteiger partial charge in [0.25, 0.3) is 0 Å². The van der Waals surface area contributed by atoms with Crippen LogP contribution in [0.1, 0.15) is 27.7 Å². The van der Waals surface area contributed by atoms with Crippen LogP contribution in [0.3, 0.4) is 0 Å². The second-order valence-corrected chi connectivity index (χ2v) is 7.96. The zero-order valence-corrected chi connectivity index (χ0v) is 8.80. The van der Waals surface area contributed by atoms with Gasteiger partial charge >= 0.3 is 0 Å². The average molecular weight is 179 g/mol. The fraction of sp³-hybridized carbons (Fsp3) is 1.00. The van der Waals surface area contributed by atoms with Crippen LogP contribution in [0.2, 0.25) is 0 Å².